The molecular formula is C14H29N3. The SMILES string of the molecule is CC1CCC(N)C(N2CC(C)C(N(C)C)C2)C1. The molecule has 1 aliphatic carbocycles. The molecule has 0 bridgehead atoms. The highest BCUT2D eigenvalue weighted by Crippen LogP contribution is 2.31. The lowest BCUT2D eigenvalue weighted by atomic mass is 9.83. The molecule has 2 fully saturated rings. The summed E-state index contributed by atoms with van der Waals surface area (Å²) < 4.78 is 0. The Labute approximate surface area is 106 Å². The van der Waals surface area contributed by atoms with Gasteiger partial charge in [-0.2, -0.15) is 0 Å². The second kappa shape index (κ2) is 5.25. The van der Waals surface area contributed by atoms with Gasteiger partial charge in [0.2, 0.25) is 0 Å². The third kappa shape index (κ3) is 2.83. The number of nitrogens with zero attached hydrogens (tertiary/aromatic N) is 2. The smallest absolute Gasteiger partial charge is 0.0254 e. The molecule has 1 saturated carbocycles. The largest absolute Gasteiger partial charge is 0.326 e. The molecule has 1 saturated heterocycles. The lowest BCUT2D eigenvalue weighted by Gasteiger charge is -2.39. The monoisotopic (exact) mass is 239 g/mol. The molecule has 0 amide bonds. The molecule has 1 heterocycles. The van der Waals surface area contributed by atoms with Crippen molar-refractivity contribution in [2.45, 2.75) is 51.2 Å². The van der Waals surface area contributed by atoms with Gasteiger partial charge in [0.15, 0.2) is 0 Å². The Morgan fingerprint density at radius 2 is 1.82 bits per heavy atom. The van der Waals surface area contributed by atoms with Crippen LogP contribution >= 0.6 is 0 Å². The fourth-order valence-corrected chi connectivity index (χ4v) is 3.72. The van der Waals surface area contributed by atoms with E-state index in [1.165, 1.54) is 32.4 Å². The fourth-order valence-electron chi connectivity index (χ4n) is 3.72. The zero-order chi connectivity index (χ0) is 12.6. The van der Waals surface area contributed by atoms with Gasteiger partial charge in [-0.3, -0.25) is 4.90 Å². The van der Waals surface area contributed by atoms with Crippen molar-refractivity contribution in [1.29, 1.82) is 0 Å². The molecule has 100 valence electrons. The second-order valence-corrected chi connectivity index (χ2v) is 6.61. The highest BCUT2D eigenvalue weighted by atomic mass is 15.3. The summed E-state index contributed by atoms with van der Waals surface area (Å²) in [6.07, 6.45) is 3.83. The lowest BCUT2D eigenvalue weighted by Crippen LogP contribution is -2.50. The van der Waals surface area contributed by atoms with Gasteiger partial charge in [-0.25, -0.2) is 0 Å². The van der Waals surface area contributed by atoms with Crippen LogP contribution in [0.3, 0.4) is 0 Å². The molecule has 3 nitrogen and oxygen atoms in total. The van der Waals surface area contributed by atoms with Gasteiger partial charge in [0.25, 0.3) is 0 Å². The topological polar surface area (TPSA) is 32.5 Å². The molecule has 0 aromatic carbocycles. The van der Waals surface area contributed by atoms with Crippen LogP contribution in [-0.4, -0.2) is 55.1 Å². The summed E-state index contributed by atoms with van der Waals surface area (Å²) in [7, 11) is 4.40. The average Bonchev–Trinajstić information content (AvgIpc) is 2.64. The van der Waals surface area contributed by atoms with E-state index in [1.807, 2.05) is 0 Å². The molecule has 0 aromatic rings. The number of hydrogen-bond acceptors (Lipinski definition) is 3. The normalized spacial score (nSPS) is 44.5. The molecule has 5 unspecified atom stereocenters. The third-order valence-electron chi connectivity index (χ3n) is 4.86. The molecule has 17 heavy (non-hydrogen) atoms. The minimum atomic E-state index is 0.402. The second-order valence-electron chi connectivity index (χ2n) is 6.61. The maximum absolute atomic E-state index is 6.33. The van der Waals surface area contributed by atoms with E-state index >= 15 is 0 Å². The quantitative estimate of drug-likeness (QED) is 0.790. The highest BCUT2D eigenvalue weighted by molar-refractivity contribution is 4.95. The fraction of sp³-hybridized carbons (Fsp3) is 1.00. The van der Waals surface area contributed by atoms with Crippen molar-refractivity contribution in [2.24, 2.45) is 17.6 Å². The van der Waals surface area contributed by atoms with Crippen LogP contribution in [0.5, 0.6) is 0 Å². The molecule has 2 N–H and O–H groups in total. The first-order valence-electron chi connectivity index (χ1n) is 7.15. The minimum absolute atomic E-state index is 0.402. The number of likely N-dealkylation sites (N-methyl/N-ethyl adjacent to an activating group) is 1. The van der Waals surface area contributed by atoms with Gasteiger partial charge in [-0.15, -0.1) is 0 Å². The van der Waals surface area contributed by atoms with E-state index in [9.17, 15) is 0 Å². The Hall–Kier alpha value is -0.120. The van der Waals surface area contributed by atoms with Gasteiger partial charge in [0.05, 0.1) is 0 Å². The number of likely N-dealkylation sites (tertiary alicyclic amines) is 1. The van der Waals surface area contributed by atoms with E-state index in [0.29, 0.717) is 18.1 Å². The predicted molar refractivity (Wildman–Crippen MR) is 73.0 cm³/mol. The van der Waals surface area contributed by atoms with Crippen molar-refractivity contribution in [3.05, 3.63) is 0 Å². The Bertz CT molecular complexity index is 254. The van der Waals surface area contributed by atoms with Crippen LogP contribution in [0.2, 0.25) is 0 Å². The van der Waals surface area contributed by atoms with Gasteiger partial charge >= 0.3 is 0 Å². The van der Waals surface area contributed by atoms with Crippen LogP contribution in [0, 0.1) is 11.8 Å². The first kappa shape index (κ1) is 13.3. The standard InChI is InChI=1S/C14H29N3/c1-10-5-6-12(15)13(7-10)17-8-11(2)14(9-17)16(3)4/h10-14H,5-9,15H2,1-4H3. The molecule has 0 spiro atoms. The molecule has 0 radical (unpaired) electrons. The lowest BCUT2D eigenvalue weighted by molar-refractivity contribution is 0.132. The first-order valence-corrected chi connectivity index (χ1v) is 7.15. The first-order chi connectivity index (χ1) is 7.99. The van der Waals surface area contributed by atoms with E-state index in [-0.39, 0.29) is 0 Å². The van der Waals surface area contributed by atoms with Crippen molar-refractivity contribution in [3.63, 3.8) is 0 Å². The van der Waals surface area contributed by atoms with Gasteiger partial charge in [-0.05, 0) is 45.2 Å². The van der Waals surface area contributed by atoms with E-state index in [4.69, 9.17) is 5.73 Å². The zero-order valence-electron chi connectivity index (χ0n) is 11.9. The van der Waals surface area contributed by atoms with Crippen molar-refractivity contribution in [1.82, 2.24) is 9.80 Å². The van der Waals surface area contributed by atoms with Gasteiger partial charge in [0.1, 0.15) is 0 Å². The molecule has 0 aromatic heterocycles. The van der Waals surface area contributed by atoms with E-state index in [1.54, 1.807) is 0 Å². The Kier molecular flexibility index (Phi) is 4.11. The van der Waals surface area contributed by atoms with Crippen LogP contribution < -0.4 is 5.73 Å². The van der Waals surface area contributed by atoms with Crippen molar-refractivity contribution < 1.29 is 0 Å². The minimum Gasteiger partial charge on any atom is -0.326 e. The van der Waals surface area contributed by atoms with Crippen molar-refractivity contribution in [3.8, 4) is 0 Å². The van der Waals surface area contributed by atoms with E-state index < -0.39 is 0 Å². The van der Waals surface area contributed by atoms with Crippen LogP contribution in [-0.2, 0) is 0 Å². The molecule has 5 atom stereocenters. The predicted octanol–water partition coefficient (Wildman–Crippen LogP) is 1.38. The van der Waals surface area contributed by atoms with Crippen LogP contribution in [0.15, 0.2) is 0 Å². The van der Waals surface area contributed by atoms with Gasteiger partial charge in [0, 0.05) is 31.2 Å². The number of hydrogen-bond donors (Lipinski definition) is 1. The van der Waals surface area contributed by atoms with E-state index in [0.717, 1.165) is 11.8 Å². The summed E-state index contributed by atoms with van der Waals surface area (Å²) in [4.78, 5) is 5.04. The van der Waals surface area contributed by atoms with Crippen LogP contribution in [0.25, 0.3) is 0 Å². The summed E-state index contributed by atoms with van der Waals surface area (Å²) in [6.45, 7) is 7.19. The van der Waals surface area contributed by atoms with E-state index in [2.05, 4.69) is 37.7 Å². The Morgan fingerprint density at radius 1 is 1.12 bits per heavy atom. The van der Waals surface area contributed by atoms with Crippen molar-refractivity contribution >= 4 is 0 Å². The Morgan fingerprint density at radius 3 is 2.41 bits per heavy atom. The van der Waals surface area contributed by atoms with Crippen LogP contribution in [0.1, 0.15) is 33.1 Å². The third-order valence-corrected chi connectivity index (χ3v) is 4.86. The molecular weight excluding hydrogens is 210 g/mol. The van der Waals surface area contributed by atoms with Crippen molar-refractivity contribution in [2.75, 3.05) is 27.2 Å². The summed E-state index contributed by atoms with van der Waals surface area (Å²) in [5, 5.41) is 0. The van der Waals surface area contributed by atoms with Gasteiger partial charge in [-0.1, -0.05) is 13.8 Å². The summed E-state index contributed by atoms with van der Waals surface area (Å²) in [6, 6.07) is 1.74. The number of nitrogens with two attached hydrogens (primary N) is 1. The molecule has 3 heteroatoms. The molecule has 2 rings (SSSR count). The summed E-state index contributed by atoms with van der Waals surface area (Å²) >= 11 is 0. The van der Waals surface area contributed by atoms with Crippen LogP contribution in [0.4, 0.5) is 0 Å². The average molecular weight is 239 g/mol. The maximum atomic E-state index is 6.33. The zero-order valence-corrected chi connectivity index (χ0v) is 11.9. The molecule has 1 aliphatic heterocycles. The number of rotatable bonds is 2. The highest BCUT2D eigenvalue weighted by Gasteiger charge is 2.38. The molecule has 2 aliphatic rings. The van der Waals surface area contributed by atoms with Gasteiger partial charge < -0.3 is 10.6 Å². The summed E-state index contributed by atoms with van der Waals surface area (Å²) in [5.41, 5.74) is 6.33. The Balaban J connectivity index is 1.98. The maximum Gasteiger partial charge on any atom is 0.0254 e. The summed E-state index contributed by atoms with van der Waals surface area (Å²) in [5.74, 6) is 1.63.